The van der Waals surface area contributed by atoms with Gasteiger partial charge in [0.15, 0.2) is 0 Å². The minimum atomic E-state index is -0.965. The van der Waals surface area contributed by atoms with Crippen molar-refractivity contribution in [2.75, 3.05) is 36.3 Å². The van der Waals surface area contributed by atoms with E-state index in [9.17, 15) is 9.00 Å². The first-order chi connectivity index (χ1) is 9.11. The Hall–Kier alpha value is -1.40. The molecule has 1 amide bonds. The van der Waals surface area contributed by atoms with E-state index in [1.807, 2.05) is 0 Å². The number of anilines is 2. The van der Waals surface area contributed by atoms with Crippen molar-refractivity contribution in [3.8, 4) is 0 Å². The summed E-state index contributed by atoms with van der Waals surface area (Å²) in [5.41, 5.74) is 6.90. The second-order valence-corrected chi connectivity index (χ2v) is 5.81. The zero-order chi connectivity index (χ0) is 14.1. The molecule has 0 aliphatic carbocycles. The van der Waals surface area contributed by atoms with Crippen LogP contribution in [0.3, 0.4) is 0 Å². The van der Waals surface area contributed by atoms with Gasteiger partial charge in [0, 0.05) is 53.8 Å². The Balaban J connectivity index is 2.24. The summed E-state index contributed by atoms with van der Waals surface area (Å²) in [6, 6.07) is 6.92. The molecule has 1 rings (SSSR count). The summed E-state index contributed by atoms with van der Waals surface area (Å²) >= 11 is 0. The first-order valence-electron chi connectivity index (χ1n) is 6.11. The monoisotopic (exact) mass is 284 g/mol. The predicted octanol–water partition coefficient (Wildman–Crippen LogP) is 1.38. The van der Waals surface area contributed by atoms with Crippen LogP contribution >= 0.6 is 0 Å². The number of nitrogen functional groups attached to an aromatic ring is 1. The van der Waals surface area contributed by atoms with Crippen LogP contribution in [0, 0.1) is 0 Å². The molecule has 0 bridgehead atoms. The van der Waals surface area contributed by atoms with Gasteiger partial charge in [-0.2, -0.15) is 0 Å². The van der Waals surface area contributed by atoms with Crippen molar-refractivity contribution in [3.05, 3.63) is 24.3 Å². The fourth-order valence-corrected chi connectivity index (χ4v) is 2.52. The van der Waals surface area contributed by atoms with Crippen molar-refractivity contribution in [3.63, 3.8) is 0 Å². The summed E-state index contributed by atoms with van der Waals surface area (Å²) in [5, 5.41) is 2.74. The fourth-order valence-electron chi connectivity index (χ4n) is 1.46. The van der Waals surface area contributed by atoms with E-state index in [-0.39, 0.29) is 12.3 Å². The summed E-state index contributed by atoms with van der Waals surface area (Å²) in [7, 11) is 0.649. The molecule has 0 fully saturated rings. The molecule has 0 aromatic heterocycles. The maximum absolute atomic E-state index is 11.6. The third-order valence-corrected chi connectivity index (χ3v) is 3.88. The lowest BCUT2D eigenvalue weighted by Gasteiger charge is -2.05. The number of hydrogen-bond donors (Lipinski definition) is 2. The summed E-state index contributed by atoms with van der Waals surface area (Å²) < 4.78 is 16.5. The Morgan fingerprint density at radius 3 is 2.63 bits per heavy atom. The lowest BCUT2D eigenvalue weighted by Crippen LogP contribution is -2.16. The molecule has 1 atom stereocenters. The number of carbonyl (C=O) groups excluding carboxylic acids is 1. The van der Waals surface area contributed by atoms with Gasteiger partial charge in [-0.3, -0.25) is 9.00 Å². The molecule has 0 saturated carbocycles. The SMILES string of the molecule is COCCCS(=O)CCC(=O)Nc1ccc(N)cc1. The van der Waals surface area contributed by atoms with Crippen LogP contribution in [-0.4, -0.2) is 35.3 Å². The van der Waals surface area contributed by atoms with Crippen LogP contribution in [0.2, 0.25) is 0 Å². The van der Waals surface area contributed by atoms with Gasteiger partial charge in [0.2, 0.25) is 5.91 Å². The molecule has 0 spiro atoms. The zero-order valence-electron chi connectivity index (χ0n) is 11.1. The highest BCUT2D eigenvalue weighted by Crippen LogP contribution is 2.10. The van der Waals surface area contributed by atoms with Gasteiger partial charge in [-0.1, -0.05) is 0 Å². The molecule has 1 unspecified atom stereocenters. The minimum absolute atomic E-state index is 0.134. The van der Waals surface area contributed by atoms with Gasteiger partial charge in [-0.25, -0.2) is 0 Å². The van der Waals surface area contributed by atoms with Gasteiger partial charge in [-0.05, 0) is 30.7 Å². The highest BCUT2D eigenvalue weighted by Gasteiger charge is 2.06. The van der Waals surface area contributed by atoms with Crippen molar-refractivity contribution in [1.29, 1.82) is 0 Å². The summed E-state index contributed by atoms with van der Waals surface area (Å²) in [6.45, 7) is 0.601. The molecule has 0 heterocycles. The molecule has 0 saturated heterocycles. The molecule has 1 aromatic rings. The Labute approximate surface area is 116 Å². The van der Waals surface area contributed by atoms with Gasteiger partial charge >= 0.3 is 0 Å². The number of ether oxygens (including phenoxy) is 1. The molecule has 19 heavy (non-hydrogen) atoms. The van der Waals surface area contributed by atoms with Crippen LogP contribution in [0.1, 0.15) is 12.8 Å². The average molecular weight is 284 g/mol. The molecule has 0 aliphatic rings. The Kier molecular flexibility index (Phi) is 7.14. The van der Waals surface area contributed by atoms with Gasteiger partial charge in [0.05, 0.1) is 0 Å². The average Bonchev–Trinajstić information content (AvgIpc) is 2.39. The van der Waals surface area contributed by atoms with E-state index in [2.05, 4.69) is 5.32 Å². The largest absolute Gasteiger partial charge is 0.399 e. The van der Waals surface area contributed by atoms with E-state index in [1.54, 1.807) is 31.4 Å². The molecular weight excluding hydrogens is 264 g/mol. The van der Waals surface area contributed by atoms with E-state index in [1.165, 1.54) is 0 Å². The van der Waals surface area contributed by atoms with Crippen molar-refractivity contribution in [2.45, 2.75) is 12.8 Å². The van der Waals surface area contributed by atoms with Crippen LogP contribution < -0.4 is 11.1 Å². The molecular formula is C13H20N2O3S. The van der Waals surface area contributed by atoms with Crippen LogP contribution in [-0.2, 0) is 20.3 Å². The third kappa shape index (κ3) is 6.93. The third-order valence-electron chi connectivity index (χ3n) is 2.47. The molecule has 3 N–H and O–H groups in total. The molecule has 1 aromatic carbocycles. The number of carbonyl (C=O) groups is 1. The quantitative estimate of drug-likeness (QED) is 0.558. The standard InChI is InChI=1S/C13H20N2O3S/c1-18-8-2-9-19(17)10-7-13(16)15-12-5-3-11(14)4-6-12/h3-6H,2,7-10,14H2,1H3,(H,15,16). The van der Waals surface area contributed by atoms with Gasteiger partial charge in [0.25, 0.3) is 0 Å². The fraction of sp³-hybridized carbons (Fsp3) is 0.462. The van der Waals surface area contributed by atoms with E-state index >= 15 is 0 Å². The van der Waals surface area contributed by atoms with Crippen molar-refractivity contribution < 1.29 is 13.7 Å². The summed E-state index contributed by atoms with van der Waals surface area (Å²) in [4.78, 5) is 11.6. The van der Waals surface area contributed by atoms with Crippen LogP contribution in [0.15, 0.2) is 24.3 Å². The number of nitrogens with two attached hydrogens (primary N) is 1. The predicted molar refractivity (Wildman–Crippen MR) is 78.5 cm³/mol. The second-order valence-electron chi connectivity index (χ2n) is 4.11. The van der Waals surface area contributed by atoms with E-state index < -0.39 is 10.8 Å². The number of benzene rings is 1. The molecule has 106 valence electrons. The highest BCUT2D eigenvalue weighted by molar-refractivity contribution is 7.84. The van der Waals surface area contributed by atoms with Crippen molar-refractivity contribution in [2.24, 2.45) is 0 Å². The van der Waals surface area contributed by atoms with Crippen LogP contribution in [0.25, 0.3) is 0 Å². The van der Waals surface area contributed by atoms with Gasteiger partial charge < -0.3 is 15.8 Å². The zero-order valence-corrected chi connectivity index (χ0v) is 11.9. The van der Waals surface area contributed by atoms with Gasteiger partial charge in [0.1, 0.15) is 0 Å². The van der Waals surface area contributed by atoms with E-state index in [0.717, 1.165) is 6.42 Å². The normalized spacial score (nSPS) is 12.1. The molecule has 5 nitrogen and oxygen atoms in total. The van der Waals surface area contributed by atoms with Crippen LogP contribution in [0.4, 0.5) is 11.4 Å². The molecule has 0 radical (unpaired) electrons. The Morgan fingerprint density at radius 1 is 1.32 bits per heavy atom. The van der Waals surface area contributed by atoms with Crippen molar-refractivity contribution >= 4 is 28.1 Å². The Morgan fingerprint density at radius 2 is 2.00 bits per heavy atom. The topological polar surface area (TPSA) is 81.4 Å². The van der Waals surface area contributed by atoms with Crippen molar-refractivity contribution in [1.82, 2.24) is 0 Å². The maximum atomic E-state index is 11.6. The number of methoxy groups -OCH3 is 1. The lowest BCUT2D eigenvalue weighted by molar-refractivity contribution is -0.115. The van der Waals surface area contributed by atoms with E-state index in [0.29, 0.717) is 29.5 Å². The van der Waals surface area contributed by atoms with Crippen LogP contribution in [0.5, 0.6) is 0 Å². The number of hydrogen-bond acceptors (Lipinski definition) is 4. The highest BCUT2D eigenvalue weighted by atomic mass is 32.2. The number of amides is 1. The lowest BCUT2D eigenvalue weighted by atomic mass is 10.3. The summed E-state index contributed by atoms with van der Waals surface area (Å²) in [6.07, 6.45) is 1.01. The second kappa shape index (κ2) is 8.66. The number of rotatable bonds is 8. The van der Waals surface area contributed by atoms with E-state index in [4.69, 9.17) is 10.5 Å². The van der Waals surface area contributed by atoms with Gasteiger partial charge in [-0.15, -0.1) is 0 Å². The number of nitrogens with one attached hydrogen (secondary N) is 1. The first kappa shape index (κ1) is 15.7. The minimum Gasteiger partial charge on any atom is -0.399 e. The molecule has 0 aliphatic heterocycles. The summed E-state index contributed by atoms with van der Waals surface area (Å²) in [5.74, 6) is 0.818. The maximum Gasteiger partial charge on any atom is 0.225 e. The Bertz CT molecular complexity index is 420. The first-order valence-corrected chi connectivity index (χ1v) is 7.60. The molecule has 6 heteroatoms. The smallest absolute Gasteiger partial charge is 0.225 e.